The number of nitrogens with two attached hydrogens (primary N) is 1. The summed E-state index contributed by atoms with van der Waals surface area (Å²) in [6.45, 7) is 0.836. The average molecular weight is 285 g/mol. The molecule has 0 saturated carbocycles. The summed E-state index contributed by atoms with van der Waals surface area (Å²) < 4.78 is 6.53. The van der Waals surface area contributed by atoms with Gasteiger partial charge in [0.1, 0.15) is 5.75 Å². The molecule has 0 saturated heterocycles. The predicted octanol–water partition coefficient (Wildman–Crippen LogP) is 1.35. The van der Waals surface area contributed by atoms with E-state index in [9.17, 15) is 4.79 Å². The topological polar surface area (TPSA) is 64.4 Å². The highest BCUT2D eigenvalue weighted by Crippen LogP contribution is 2.37. The zero-order valence-corrected chi connectivity index (χ0v) is 10.3. The van der Waals surface area contributed by atoms with E-state index < -0.39 is 0 Å². The molecule has 0 bridgehead atoms. The number of para-hydroxylation sites is 1. The zero-order valence-electron chi connectivity index (χ0n) is 8.70. The number of benzene rings is 1. The van der Waals surface area contributed by atoms with Gasteiger partial charge in [0.05, 0.1) is 17.6 Å². The van der Waals surface area contributed by atoms with Crippen molar-refractivity contribution in [3.05, 3.63) is 28.2 Å². The highest BCUT2D eigenvalue weighted by atomic mass is 79.9. The number of carbonyl (C=O) groups excluding carboxylic acids is 1. The summed E-state index contributed by atoms with van der Waals surface area (Å²) in [6, 6.07) is 6.03. The number of carbonyl (C=O) groups is 1. The number of rotatable bonds is 3. The third-order valence-electron chi connectivity index (χ3n) is 2.55. The Hall–Kier alpha value is -1.07. The smallest absolute Gasteiger partial charge is 0.231 e. The second kappa shape index (κ2) is 4.84. The fourth-order valence-electron chi connectivity index (χ4n) is 1.82. The van der Waals surface area contributed by atoms with Gasteiger partial charge in [0, 0.05) is 18.0 Å². The van der Waals surface area contributed by atoms with Crippen molar-refractivity contribution in [3.8, 4) is 5.75 Å². The van der Waals surface area contributed by atoms with Crippen LogP contribution < -0.4 is 15.8 Å². The minimum Gasteiger partial charge on any atom is -0.492 e. The summed E-state index contributed by atoms with van der Waals surface area (Å²) in [5.41, 5.74) is 6.19. The van der Waals surface area contributed by atoms with Crippen molar-refractivity contribution in [2.24, 2.45) is 5.73 Å². The molecule has 1 heterocycles. The van der Waals surface area contributed by atoms with Crippen LogP contribution in [0.1, 0.15) is 18.0 Å². The number of primary amides is 1. The number of nitrogens with one attached hydrogen (secondary N) is 1. The SMILES string of the molecule is NC(=O)CN[C@H]1CCOc2c(Br)cccc21. The molecule has 1 amide bonds. The molecule has 1 aromatic rings. The fourth-order valence-corrected chi connectivity index (χ4v) is 2.32. The number of halogens is 1. The van der Waals surface area contributed by atoms with E-state index in [1.807, 2.05) is 18.2 Å². The lowest BCUT2D eigenvalue weighted by atomic mass is 10.0. The molecule has 3 N–H and O–H groups in total. The molecule has 1 aliphatic rings. The molecule has 0 fully saturated rings. The lowest BCUT2D eigenvalue weighted by Gasteiger charge is -2.27. The van der Waals surface area contributed by atoms with Crippen molar-refractivity contribution in [1.29, 1.82) is 0 Å². The molecule has 0 spiro atoms. The first-order valence-corrected chi connectivity index (χ1v) is 5.90. The maximum atomic E-state index is 10.7. The van der Waals surface area contributed by atoms with Crippen LogP contribution in [0.2, 0.25) is 0 Å². The Morgan fingerprint density at radius 3 is 3.19 bits per heavy atom. The highest BCUT2D eigenvalue weighted by Gasteiger charge is 2.22. The molecule has 16 heavy (non-hydrogen) atoms. The van der Waals surface area contributed by atoms with Gasteiger partial charge >= 0.3 is 0 Å². The molecule has 5 heteroatoms. The van der Waals surface area contributed by atoms with Crippen LogP contribution in [0.3, 0.4) is 0 Å². The van der Waals surface area contributed by atoms with E-state index in [1.165, 1.54) is 0 Å². The molecular formula is C11H13BrN2O2. The summed E-state index contributed by atoms with van der Waals surface area (Å²) >= 11 is 3.45. The maximum absolute atomic E-state index is 10.7. The molecule has 0 radical (unpaired) electrons. The molecule has 1 aliphatic heterocycles. The van der Waals surface area contributed by atoms with Crippen molar-refractivity contribution in [1.82, 2.24) is 5.32 Å². The number of amides is 1. The molecule has 2 rings (SSSR count). The summed E-state index contributed by atoms with van der Waals surface area (Å²) in [4.78, 5) is 10.7. The van der Waals surface area contributed by atoms with Crippen molar-refractivity contribution < 1.29 is 9.53 Å². The molecule has 1 aromatic carbocycles. The van der Waals surface area contributed by atoms with Gasteiger partial charge in [-0.25, -0.2) is 0 Å². The van der Waals surface area contributed by atoms with E-state index in [-0.39, 0.29) is 18.5 Å². The number of fused-ring (bicyclic) bond motifs is 1. The van der Waals surface area contributed by atoms with Gasteiger partial charge in [-0.1, -0.05) is 12.1 Å². The van der Waals surface area contributed by atoms with Crippen molar-refractivity contribution in [2.45, 2.75) is 12.5 Å². The van der Waals surface area contributed by atoms with Gasteiger partial charge < -0.3 is 15.8 Å². The van der Waals surface area contributed by atoms with Crippen LogP contribution in [-0.2, 0) is 4.79 Å². The van der Waals surface area contributed by atoms with E-state index in [1.54, 1.807) is 0 Å². The second-order valence-electron chi connectivity index (χ2n) is 3.70. The largest absolute Gasteiger partial charge is 0.492 e. The van der Waals surface area contributed by atoms with Crippen LogP contribution in [0.15, 0.2) is 22.7 Å². The standard InChI is InChI=1S/C11H13BrN2O2/c12-8-3-1-2-7-9(14-6-10(13)15)4-5-16-11(7)8/h1-3,9,14H,4-6H2,(H2,13,15)/t9-/m0/s1. The molecule has 0 aliphatic carbocycles. The third-order valence-corrected chi connectivity index (χ3v) is 3.17. The number of ether oxygens (including phenoxy) is 1. The fraction of sp³-hybridized carbons (Fsp3) is 0.364. The summed E-state index contributed by atoms with van der Waals surface area (Å²) in [7, 11) is 0. The first-order chi connectivity index (χ1) is 7.68. The monoisotopic (exact) mass is 284 g/mol. The Morgan fingerprint density at radius 1 is 1.62 bits per heavy atom. The van der Waals surface area contributed by atoms with Crippen LogP contribution in [0, 0.1) is 0 Å². The van der Waals surface area contributed by atoms with Crippen LogP contribution in [-0.4, -0.2) is 19.1 Å². The van der Waals surface area contributed by atoms with E-state index in [2.05, 4.69) is 21.2 Å². The molecule has 4 nitrogen and oxygen atoms in total. The maximum Gasteiger partial charge on any atom is 0.231 e. The Kier molecular flexibility index (Phi) is 3.46. The lowest BCUT2D eigenvalue weighted by molar-refractivity contribution is -0.117. The van der Waals surface area contributed by atoms with Gasteiger partial charge in [0.15, 0.2) is 0 Å². The van der Waals surface area contributed by atoms with Crippen molar-refractivity contribution in [3.63, 3.8) is 0 Å². The number of hydrogen-bond donors (Lipinski definition) is 2. The third kappa shape index (κ3) is 2.36. The highest BCUT2D eigenvalue weighted by molar-refractivity contribution is 9.10. The van der Waals surface area contributed by atoms with Gasteiger partial charge in [0.2, 0.25) is 5.91 Å². The van der Waals surface area contributed by atoms with E-state index in [4.69, 9.17) is 10.5 Å². The average Bonchev–Trinajstić information content (AvgIpc) is 2.27. The Labute approximate surface area is 102 Å². The first kappa shape index (κ1) is 11.4. The molecule has 0 aromatic heterocycles. The van der Waals surface area contributed by atoms with Crippen LogP contribution in [0.5, 0.6) is 5.75 Å². The van der Waals surface area contributed by atoms with Gasteiger partial charge in [-0.2, -0.15) is 0 Å². The molecule has 1 atom stereocenters. The second-order valence-corrected chi connectivity index (χ2v) is 4.55. The first-order valence-electron chi connectivity index (χ1n) is 5.11. The van der Waals surface area contributed by atoms with E-state index in [0.717, 1.165) is 22.2 Å². The Morgan fingerprint density at radius 2 is 2.44 bits per heavy atom. The van der Waals surface area contributed by atoms with Crippen LogP contribution in [0.25, 0.3) is 0 Å². The van der Waals surface area contributed by atoms with Crippen LogP contribution >= 0.6 is 15.9 Å². The number of hydrogen-bond acceptors (Lipinski definition) is 3. The summed E-state index contributed by atoms with van der Waals surface area (Å²) in [5.74, 6) is 0.513. The van der Waals surface area contributed by atoms with Crippen LogP contribution in [0.4, 0.5) is 0 Å². The minimum absolute atomic E-state index is 0.133. The lowest BCUT2D eigenvalue weighted by Crippen LogP contribution is -2.34. The van der Waals surface area contributed by atoms with E-state index in [0.29, 0.717) is 6.61 Å². The quantitative estimate of drug-likeness (QED) is 0.881. The summed E-state index contributed by atoms with van der Waals surface area (Å²) in [6.07, 6.45) is 0.844. The Balaban J connectivity index is 2.19. The molecular weight excluding hydrogens is 272 g/mol. The van der Waals surface area contributed by atoms with Gasteiger partial charge in [-0.3, -0.25) is 4.79 Å². The zero-order chi connectivity index (χ0) is 11.5. The van der Waals surface area contributed by atoms with Crippen molar-refractivity contribution >= 4 is 21.8 Å². The predicted molar refractivity (Wildman–Crippen MR) is 64.2 cm³/mol. The van der Waals surface area contributed by atoms with Gasteiger partial charge in [-0.05, 0) is 22.0 Å². The summed E-state index contributed by atoms with van der Waals surface area (Å²) in [5, 5.41) is 3.13. The Bertz CT molecular complexity index is 409. The van der Waals surface area contributed by atoms with E-state index >= 15 is 0 Å². The van der Waals surface area contributed by atoms with Gasteiger partial charge in [-0.15, -0.1) is 0 Å². The van der Waals surface area contributed by atoms with Gasteiger partial charge in [0.25, 0.3) is 0 Å². The van der Waals surface area contributed by atoms with Crippen molar-refractivity contribution in [2.75, 3.05) is 13.2 Å². The molecule has 0 unspecified atom stereocenters. The minimum atomic E-state index is -0.344. The molecule has 86 valence electrons. The normalized spacial score (nSPS) is 18.7.